The quantitative estimate of drug-likeness (QED) is 0.467. The molecule has 1 aliphatic heterocycles. The lowest BCUT2D eigenvalue weighted by molar-refractivity contribution is -0.146. The van der Waals surface area contributed by atoms with Crippen LogP contribution in [0.1, 0.15) is 33.8 Å². The Bertz CT molecular complexity index is 968. The third-order valence-corrected chi connectivity index (χ3v) is 5.24. The highest BCUT2D eigenvalue weighted by Gasteiger charge is 2.56. The number of carbonyl (C=O) groups is 2. The lowest BCUT2D eigenvalue weighted by Gasteiger charge is -2.33. The molecule has 0 unspecified atom stereocenters. The Labute approximate surface area is 162 Å². The summed E-state index contributed by atoms with van der Waals surface area (Å²) >= 11 is 6.03. The summed E-state index contributed by atoms with van der Waals surface area (Å²) in [4.78, 5) is 26.1. The molecule has 2 atom stereocenters. The molecule has 0 N–H and O–H groups in total. The van der Waals surface area contributed by atoms with Gasteiger partial charge in [0.2, 0.25) is 11.4 Å². The Hall–Kier alpha value is -2.91. The van der Waals surface area contributed by atoms with Crippen molar-refractivity contribution in [2.45, 2.75) is 17.9 Å². The molecule has 1 aliphatic rings. The van der Waals surface area contributed by atoms with Gasteiger partial charge in [-0.05, 0) is 17.7 Å². The van der Waals surface area contributed by atoms with Gasteiger partial charge in [0.05, 0.1) is 6.42 Å². The van der Waals surface area contributed by atoms with Gasteiger partial charge < -0.3 is 4.74 Å². The fourth-order valence-electron chi connectivity index (χ4n) is 3.74. The van der Waals surface area contributed by atoms with E-state index in [1.54, 1.807) is 36.4 Å². The van der Waals surface area contributed by atoms with E-state index in [2.05, 4.69) is 0 Å². The van der Waals surface area contributed by atoms with E-state index in [4.69, 9.17) is 16.3 Å². The Morgan fingerprint density at radius 3 is 2.11 bits per heavy atom. The number of hydrogen-bond donors (Lipinski definition) is 0. The molecular formula is C23H17ClO3. The Balaban J connectivity index is 1.92. The second-order valence-corrected chi connectivity index (χ2v) is 7.02. The van der Waals surface area contributed by atoms with E-state index < -0.39 is 11.5 Å². The van der Waals surface area contributed by atoms with Crippen molar-refractivity contribution in [1.29, 1.82) is 0 Å². The van der Waals surface area contributed by atoms with Crippen molar-refractivity contribution in [2.75, 3.05) is 0 Å². The number of rotatable bonds is 4. The molecule has 4 rings (SSSR count). The average Bonchev–Trinajstić information content (AvgIpc) is 3.07. The van der Waals surface area contributed by atoms with Crippen molar-refractivity contribution >= 4 is 23.4 Å². The fraction of sp³-hybridized carbons (Fsp3) is 0.130. The minimum Gasteiger partial charge on any atom is -0.445 e. The van der Waals surface area contributed by atoms with Crippen LogP contribution in [0.25, 0.3) is 0 Å². The first kappa shape index (κ1) is 17.5. The number of benzene rings is 3. The fourth-order valence-corrected chi connectivity index (χ4v) is 3.86. The predicted octanol–water partition coefficient (Wildman–Crippen LogP) is 5.15. The highest BCUT2D eigenvalue weighted by Crippen LogP contribution is 2.49. The van der Waals surface area contributed by atoms with E-state index in [0.29, 0.717) is 16.1 Å². The molecule has 0 aromatic heterocycles. The average molecular weight is 377 g/mol. The van der Waals surface area contributed by atoms with E-state index >= 15 is 0 Å². The molecule has 3 aromatic carbocycles. The zero-order valence-corrected chi connectivity index (χ0v) is 15.2. The summed E-state index contributed by atoms with van der Waals surface area (Å²) in [6.07, 6.45) is 0.134. The maximum absolute atomic E-state index is 13.7. The van der Waals surface area contributed by atoms with Crippen molar-refractivity contribution in [3.63, 3.8) is 0 Å². The van der Waals surface area contributed by atoms with Crippen molar-refractivity contribution in [1.82, 2.24) is 0 Å². The van der Waals surface area contributed by atoms with Crippen molar-refractivity contribution in [3.8, 4) is 0 Å². The molecule has 134 valence electrons. The molecule has 1 heterocycles. The lowest BCUT2D eigenvalue weighted by atomic mass is 9.73. The number of ketones is 1. The van der Waals surface area contributed by atoms with Crippen LogP contribution in [0, 0.1) is 0 Å². The highest BCUT2D eigenvalue weighted by atomic mass is 35.5. The molecule has 0 radical (unpaired) electrons. The van der Waals surface area contributed by atoms with E-state index in [9.17, 15) is 9.59 Å². The summed E-state index contributed by atoms with van der Waals surface area (Å²) in [5.41, 5.74) is 0.631. The van der Waals surface area contributed by atoms with Gasteiger partial charge in [-0.2, -0.15) is 0 Å². The van der Waals surface area contributed by atoms with Crippen LogP contribution in [-0.2, 0) is 15.1 Å². The largest absolute Gasteiger partial charge is 0.445 e. The molecule has 0 saturated carbocycles. The third kappa shape index (κ3) is 3.04. The zero-order valence-electron chi connectivity index (χ0n) is 14.5. The van der Waals surface area contributed by atoms with E-state index in [1.165, 1.54) is 0 Å². The molecule has 1 fully saturated rings. The molecular weight excluding hydrogens is 360 g/mol. The number of halogens is 1. The van der Waals surface area contributed by atoms with Crippen LogP contribution >= 0.6 is 11.6 Å². The Kier molecular flexibility index (Phi) is 4.54. The zero-order chi connectivity index (χ0) is 18.9. The van der Waals surface area contributed by atoms with Gasteiger partial charge in [-0.25, -0.2) is 0 Å². The second kappa shape index (κ2) is 7.01. The molecule has 27 heavy (non-hydrogen) atoms. The van der Waals surface area contributed by atoms with Gasteiger partial charge in [-0.1, -0.05) is 84.4 Å². The summed E-state index contributed by atoms with van der Waals surface area (Å²) in [5.74, 6) is -1.04. The van der Waals surface area contributed by atoms with E-state index in [1.807, 2.05) is 48.5 Å². The molecule has 0 spiro atoms. The van der Waals surface area contributed by atoms with Crippen LogP contribution in [0.4, 0.5) is 0 Å². The van der Waals surface area contributed by atoms with Crippen LogP contribution in [0.3, 0.4) is 0 Å². The maximum Gasteiger partial charge on any atom is 0.307 e. The standard InChI is InChI=1S/C23H17ClO3/c24-19-13-11-16(12-14-19)20-15-21(25)27-23(20,18-9-5-2-6-10-18)22(26)17-7-3-1-4-8-17/h1-14,20H,15H2/t20-,23+/m0/s1. The first-order chi connectivity index (χ1) is 13.1. The van der Waals surface area contributed by atoms with Crippen molar-refractivity contribution < 1.29 is 14.3 Å². The summed E-state index contributed by atoms with van der Waals surface area (Å²) in [6.45, 7) is 0. The number of ether oxygens (including phenoxy) is 1. The molecule has 0 aliphatic carbocycles. The number of hydrogen-bond acceptors (Lipinski definition) is 3. The van der Waals surface area contributed by atoms with Crippen LogP contribution in [0.2, 0.25) is 5.02 Å². The summed E-state index contributed by atoms with van der Waals surface area (Å²) in [7, 11) is 0. The Morgan fingerprint density at radius 1 is 0.889 bits per heavy atom. The summed E-state index contributed by atoms with van der Waals surface area (Å²) in [6, 6.07) is 25.4. The van der Waals surface area contributed by atoms with Crippen LogP contribution in [-0.4, -0.2) is 11.8 Å². The van der Waals surface area contributed by atoms with Gasteiger partial charge in [0.15, 0.2) is 0 Å². The predicted molar refractivity (Wildman–Crippen MR) is 104 cm³/mol. The molecule has 3 aromatic rings. The van der Waals surface area contributed by atoms with Crippen LogP contribution < -0.4 is 0 Å². The van der Waals surface area contributed by atoms with Crippen LogP contribution in [0.5, 0.6) is 0 Å². The minimum atomic E-state index is -1.40. The van der Waals surface area contributed by atoms with Crippen LogP contribution in [0.15, 0.2) is 84.9 Å². The maximum atomic E-state index is 13.7. The minimum absolute atomic E-state index is 0.134. The van der Waals surface area contributed by atoms with Gasteiger partial charge in [0, 0.05) is 22.1 Å². The smallest absolute Gasteiger partial charge is 0.307 e. The lowest BCUT2D eigenvalue weighted by Crippen LogP contribution is -2.40. The van der Waals surface area contributed by atoms with Gasteiger partial charge in [0.25, 0.3) is 0 Å². The van der Waals surface area contributed by atoms with Gasteiger partial charge in [0.1, 0.15) is 0 Å². The number of esters is 1. The molecule has 4 heteroatoms. The van der Waals surface area contributed by atoms with E-state index in [-0.39, 0.29) is 18.2 Å². The van der Waals surface area contributed by atoms with Crippen molar-refractivity contribution in [2.24, 2.45) is 0 Å². The second-order valence-electron chi connectivity index (χ2n) is 6.58. The SMILES string of the molecule is O=C1C[C@@H](c2ccc(Cl)cc2)[C@@](C(=O)c2ccccc2)(c2ccccc2)O1. The number of cyclic esters (lactones) is 1. The monoisotopic (exact) mass is 376 g/mol. The van der Waals surface area contributed by atoms with Gasteiger partial charge in [-0.3, -0.25) is 9.59 Å². The van der Waals surface area contributed by atoms with Gasteiger partial charge >= 0.3 is 5.97 Å². The Morgan fingerprint density at radius 2 is 1.48 bits per heavy atom. The molecule has 1 saturated heterocycles. The number of Topliss-reactive ketones (excluding diaryl/α,β-unsaturated/α-hetero) is 1. The van der Waals surface area contributed by atoms with Crippen molar-refractivity contribution in [3.05, 3.63) is 107 Å². The first-order valence-electron chi connectivity index (χ1n) is 8.74. The number of carbonyl (C=O) groups excluding carboxylic acids is 2. The third-order valence-electron chi connectivity index (χ3n) is 4.98. The summed E-state index contributed by atoms with van der Waals surface area (Å²) < 4.78 is 5.83. The topological polar surface area (TPSA) is 43.4 Å². The van der Waals surface area contributed by atoms with Gasteiger partial charge in [-0.15, -0.1) is 0 Å². The first-order valence-corrected chi connectivity index (χ1v) is 9.12. The molecule has 3 nitrogen and oxygen atoms in total. The summed E-state index contributed by atoms with van der Waals surface area (Å²) in [5, 5.41) is 0.601. The van der Waals surface area contributed by atoms with E-state index in [0.717, 1.165) is 5.56 Å². The highest BCUT2D eigenvalue weighted by molar-refractivity contribution is 6.30. The normalized spacial score (nSPS) is 21.7. The molecule has 0 amide bonds. The molecule has 0 bridgehead atoms.